The van der Waals surface area contributed by atoms with Gasteiger partial charge in [-0.05, 0) is 55.3 Å². The molecule has 6 nitrogen and oxygen atoms in total. The van der Waals surface area contributed by atoms with Crippen molar-refractivity contribution in [3.05, 3.63) is 87.8 Å². The zero-order chi connectivity index (χ0) is 21.1. The molecule has 1 amide bonds. The largest absolute Gasteiger partial charge is 0.494 e. The van der Waals surface area contributed by atoms with Crippen molar-refractivity contribution >= 4 is 32.6 Å². The number of carbonyl (C=O) groups excluding carboxylic acids is 1. The van der Waals surface area contributed by atoms with Gasteiger partial charge < -0.3 is 9.30 Å². The second-order valence-corrected chi connectivity index (χ2v) is 7.85. The third-order valence-corrected chi connectivity index (χ3v) is 5.69. The number of aromatic nitrogens is 2. The van der Waals surface area contributed by atoms with Gasteiger partial charge in [0.25, 0.3) is 11.5 Å². The molecule has 152 valence electrons. The molecule has 0 aliphatic rings. The fourth-order valence-corrected chi connectivity index (χ4v) is 4.07. The van der Waals surface area contributed by atoms with Gasteiger partial charge in [0.1, 0.15) is 11.3 Å². The summed E-state index contributed by atoms with van der Waals surface area (Å²) in [6, 6.07) is 16.7. The highest BCUT2D eigenvalue weighted by Gasteiger charge is 2.15. The molecule has 0 aliphatic heterocycles. The summed E-state index contributed by atoms with van der Waals surface area (Å²) in [5.74, 6) is 0.289. The van der Waals surface area contributed by atoms with Crippen molar-refractivity contribution < 1.29 is 9.53 Å². The van der Waals surface area contributed by atoms with Gasteiger partial charge in [-0.15, -0.1) is 0 Å². The number of nitrogens with one attached hydrogen (secondary N) is 1. The molecular weight excluding hydrogens is 398 g/mol. The van der Waals surface area contributed by atoms with E-state index in [0.717, 1.165) is 27.1 Å². The fourth-order valence-electron chi connectivity index (χ4n) is 3.18. The lowest BCUT2D eigenvalue weighted by molar-refractivity contribution is 0.102. The highest BCUT2D eigenvalue weighted by atomic mass is 32.1. The lowest BCUT2D eigenvalue weighted by Gasteiger charge is -2.10. The summed E-state index contributed by atoms with van der Waals surface area (Å²) in [5, 5.41) is 3.20. The number of anilines is 1. The molecule has 30 heavy (non-hydrogen) atoms. The molecule has 4 aromatic rings. The van der Waals surface area contributed by atoms with Crippen molar-refractivity contribution in [3.8, 4) is 5.75 Å². The molecule has 1 N–H and O–H groups in total. The highest BCUT2D eigenvalue weighted by Crippen LogP contribution is 2.29. The van der Waals surface area contributed by atoms with E-state index in [9.17, 15) is 9.59 Å². The maximum absolute atomic E-state index is 12.9. The molecular formula is C23H21N3O3S. The SMILES string of the molecule is CCOc1ccc2nc(NC(=O)c3cccn(Cc4ccccc4C)c3=O)sc2c1. The molecule has 7 heteroatoms. The summed E-state index contributed by atoms with van der Waals surface area (Å²) >= 11 is 1.34. The van der Waals surface area contributed by atoms with Crippen molar-refractivity contribution in [1.82, 2.24) is 9.55 Å². The molecule has 0 unspecified atom stereocenters. The molecule has 0 saturated heterocycles. The van der Waals surface area contributed by atoms with Gasteiger partial charge in [-0.2, -0.15) is 0 Å². The van der Waals surface area contributed by atoms with E-state index in [0.29, 0.717) is 18.3 Å². The number of carbonyl (C=O) groups is 1. The first-order valence-electron chi connectivity index (χ1n) is 9.64. The van der Waals surface area contributed by atoms with Crippen LogP contribution < -0.4 is 15.6 Å². The topological polar surface area (TPSA) is 73.2 Å². The molecule has 2 heterocycles. The zero-order valence-electron chi connectivity index (χ0n) is 16.7. The Morgan fingerprint density at radius 2 is 2.00 bits per heavy atom. The third-order valence-electron chi connectivity index (χ3n) is 4.76. The second-order valence-electron chi connectivity index (χ2n) is 6.82. The normalized spacial score (nSPS) is 10.9. The van der Waals surface area contributed by atoms with E-state index in [1.807, 2.05) is 56.3 Å². The second kappa shape index (κ2) is 8.51. The van der Waals surface area contributed by atoms with Gasteiger partial charge in [0.15, 0.2) is 5.13 Å². The van der Waals surface area contributed by atoms with Crippen LogP contribution in [0.3, 0.4) is 0 Å². The number of aryl methyl sites for hydroxylation is 1. The van der Waals surface area contributed by atoms with Gasteiger partial charge >= 0.3 is 0 Å². The van der Waals surface area contributed by atoms with Gasteiger partial charge in [0, 0.05) is 6.20 Å². The van der Waals surface area contributed by atoms with Gasteiger partial charge in [-0.3, -0.25) is 14.9 Å². The molecule has 0 aliphatic carbocycles. The number of amides is 1. The first-order chi connectivity index (χ1) is 14.5. The Bertz CT molecular complexity index is 1280. The number of nitrogens with zero attached hydrogens (tertiary/aromatic N) is 2. The number of ether oxygens (including phenoxy) is 1. The van der Waals surface area contributed by atoms with Gasteiger partial charge in [0.2, 0.25) is 0 Å². The number of thiazole rings is 1. The van der Waals surface area contributed by atoms with E-state index >= 15 is 0 Å². The Balaban J connectivity index is 1.57. The minimum atomic E-state index is -0.469. The summed E-state index contributed by atoms with van der Waals surface area (Å²) in [7, 11) is 0. The van der Waals surface area contributed by atoms with E-state index in [-0.39, 0.29) is 11.1 Å². The van der Waals surface area contributed by atoms with Crippen molar-refractivity contribution in [1.29, 1.82) is 0 Å². The summed E-state index contributed by atoms with van der Waals surface area (Å²) < 4.78 is 7.96. The Morgan fingerprint density at radius 3 is 2.80 bits per heavy atom. The fraction of sp³-hybridized carbons (Fsp3) is 0.174. The van der Waals surface area contributed by atoms with Crippen LogP contribution in [0.2, 0.25) is 0 Å². The highest BCUT2D eigenvalue weighted by molar-refractivity contribution is 7.22. The molecule has 2 aromatic carbocycles. The van der Waals surface area contributed by atoms with Crippen LogP contribution in [0.4, 0.5) is 5.13 Å². The van der Waals surface area contributed by atoms with E-state index in [1.165, 1.54) is 17.4 Å². The van der Waals surface area contributed by atoms with Crippen LogP contribution in [0.5, 0.6) is 5.75 Å². The van der Waals surface area contributed by atoms with Crippen molar-refractivity contribution in [2.45, 2.75) is 20.4 Å². The molecule has 0 radical (unpaired) electrons. The van der Waals surface area contributed by atoms with Crippen LogP contribution in [0.1, 0.15) is 28.4 Å². The minimum absolute atomic E-state index is 0.0837. The molecule has 0 atom stereocenters. The Morgan fingerprint density at radius 1 is 1.17 bits per heavy atom. The molecule has 2 aromatic heterocycles. The predicted octanol–water partition coefficient (Wildman–Crippen LogP) is 4.47. The Kier molecular flexibility index (Phi) is 5.63. The average molecular weight is 420 g/mol. The number of hydrogen-bond acceptors (Lipinski definition) is 5. The van der Waals surface area contributed by atoms with Crippen LogP contribution in [0.25, 0.3) is 10.2 Å². The van der Waals surface area contributed by atoms with Crippen LogP contribution >= 0.6 is 11.3 Å². The number of fused-ring (bicyclic) bond motifs is 1. The number of benzene rings is 2. The number of pyridine rings is 1. The van der Waals surface area contributed by atoms with E-state index in [4.69, 9.17) is 4.74 Å². The average Bonchev–Trinajstić information content (AvgIpc) is 3.12. The Labute approximate surface area is 177 Å². The quantitative estimate of drug-likeness (QED) is 0.501. The Hall–Kier alpha value is -3.45. The first kappa shape index (κ1) is 19.8. The van der Waals surface area contributed by atoms with E-state index in [1.54, 1.807) is 16.8 Å². The maximum Gasteiger partial charge on any atom is 0.263 e. The van der Waals surface area contributed by atoms with Gasteiger partial charge in [0.05, 0.1) is 23.4 Å². The van der Waals surface area contributed by atoms with E-state index < -0.39 is 5.91 Å². The third kappa shape index (κ3) is 4.11. The van der Waals surface area contributed by atoms with Gasteiger partial charge in [-0.1, -0.05) is 35.6 Å². The van der Waals surface area contributed by atoms with Crippen LogP contribution in [-0.2, 0) is 6.54 Å². The summed E-state index contributed by atoms with van der Waals surface area (Å²) in [4.78, 5) is 30.1. The summed E-state index contributed by atoms with van der Waals surface area (Å²) in [5.41, 5.74) is 2.65. The minimum Gasteiger partial charge on any atom is -0.494 e. The van der Waals surface area contributed by atoms with Crippen LogP contribution in [-0.4, -0.2) is 22.1 Å². The smallest absolute Gasteiger partial charge is 0.263 e. The first-order valence-corrected chi connectivity index (χ1v) is 10.5. The number of hydrogen-bond donors (Lipinski definition) is 1. The molecule has 0 saturated carbocycles. The predicted molar refractivity (Wildman–Crippen MR) is 120 cm³/mol. The standard InChI is InChI=1S/C23H21N3O3S/c1-3-29-17-10-11-19-20(13-17)30-23(24-19)25-21(27)18-9-6-12-26(22(18)28)14-16-8-5-4-7-15(16)2/h4-13H,3,14H2,1-2H3,(H,24,25,27). The van der Waals surface area contributed by atoms with Gasteiger partial charge in [-0.25, -0.2) is 4.98 Å². The van der Waals surface area contributed by atoms with Crippen LogP contribution in [0.15, 0.2) is 65.6 Å². The van der Waals surface area contributed by atoms with Crippen molar-refractivity contribution in [2.75, 3.05) is 11.9 Å². The number of rotatable bonds is 6. The molecule has 4 rings (SSSR count). The summed E-state index contributed by atoms with van der Waals surface area (Å²) in [6.45, 7) is 4.92. The maximum atomic E-state index is 12.9. The molecule has 0 bridgehead atoms. The molecule has 0 spiro atoms. The van der Waals surface area contributed by atoms with E-state index in [2.05, 4.69) is 10.3 Å². The summed E-state index contributed by atoms with van der Waals surface area (Å²) in [6.07, 6.45) is 1.69. The lowest BCUT2D eigenvalue weighted by atomic mass is 10.1. The van der Waals surface area contributed by atoms with Crippen molar-refractivity contribution in [2.24, 2.45) is 0 Å². The zero-order valence-corrected chi connectivity index (χ0v) is 17.5. The lowest BCUT2D eigenvalue weighted by Crippen LogP contribution is -2.29. The monoisotopic (exact) mass is 419 g/mol. The molecule has 0 fully saturated rings. The van der Waals surface area contributed by atoms with Crippen molar-refractivity contribution in [3.63, 3.8) is 0 Å². The van der Waals surface area contributed by atoms with Crippen LogP contribution in [0, 0.1) is 6.92 Å².